The maximum atomic E-state index is 13.9. The molecule has 30 heavy (non-hydrogen) atoms. The van der Waals surface area contributed by atoms with Crippen molar-refractivity contribution < 1.29 is 13.9 Å². The second-order valence-electron chi connectivity index (χ2n) is 7.11. The molecule has 1 heterocycles. The molecule has 156 valence electrons. The molecule has 1 fully saturated rings. The zero-order valence-electron chi connectivity index (χ0n) is 16.6. The summed E-state index contributed by atoms with van der Waals surface area (Å²) in [6, 6.07) is 20.4. The number of hydrogen-bond acceptors (Lipinski definition) is 4. The van der Waals surface area contributed by atoms with Crippen molar-refractivity contribution >= 4 is 23.0 Å². The van der Waals surface area contributed by atoms with Crippen molar-refractivity contribution in [1.82, 2.24) is 0 Å². The van der Waals surface area contributed by atoms with Gasteiger partial charge in [-0.2, -0.15) is 0 Å². The average Bonchev–Trinajstić information content (AvgIpc) is 2.78. The van der Waals surface area contributed by atoms with Crippen LogP contribution in [0.4, 0.5) is 15.8 Å². The van der Waals surface area contributed by atoms with E-state index < -0.39 is 0 Å². The van der Waals surface area contributed by atoms with Gasteiger partial charge in [0, 0.05) is 36.4 Å². The van der Waals surface area contributed by atoms with Gasteiger partial charge in [0.2, 0.25) is 0 Å². The van der Waals surface area contributed by atoms with E-state index in [0.717, 1.165) is 49.0 Å². The van der Waals surface area contributed by atoms with Gasteiger partial charge in [-0.15, -0.1) is 0 Å². The lowest BCUT2D eigenvalue weighted by molar-refractivity contribution is 0.122. The third kappa shape index (κ3) is 5.04. The molecule has 0 radical (unpaired) electrons. The van der Waals surface area contributed by atoms with E-state index in [9.17, 15) is 4.39 Å². The summed E-state index contributed by atoms with van der Waals surface area (Å²) in [6.45, 7) is 3.89. The van der Waals surface area contributed by atoms with Crippen LogP contribution >= 0.6 is 11.6 Å². The van der Waals surface area contributed by atoms with E-state index in [1.807, 2.05) is 42.5 Å². The third-order valence-corrected chi connectivity index (χ3v) is 5.40. The molecule has 1 N–H and O–H groups in total. The molecule has 0 aliphatic carbocycles. The maximum Gasteiger partial charge on any atom is 0.129 e. The van der Waals surface area contributed by atoms with Crippen LogP contribution in [0.1, 0.15) is 11.1 Å². The quantitative estimate of drug-likeness (QED) is 0.540. The number of rotatable bonds is 7. The largest absolute Gasteiger partial charge is 0.488 e. The molecule has 3 aromatic carbocycles. The van der Waals surface area contributed by atoms with Crippen molar-refractivity contribution in [3.63, 3.8) is 0 Å². The van der Waals surface area contributed by atoms with Gasteiger partial charge in [0.1, 0.15) is 18.2 Å². The van der Waals surface area contributed by atoms with Gasteiger partial charge in [0.05, 0.1) is 23.9 Å². The Kier molecular flexibility index (Phi) is 6.72. The van der Waals surface area contributed by atoms with Gasteiger partial charge in [0.25, 0.3) is 0 Å². The lowest BCUT2D eigenvalue weighted by Crippen LogP contribution is -2.36. The van der Waals surface area contributed by atoms with E-state index in [1.54, 1.807) is 18.2 Å². The van der Waals surface area contributed by atoms with Gasteiger partial charge in [-0.1, -0.05) is 48.0 Å². The summed E-state index contributed by atoms with van der Waals surface area (Å²) in [5, 5.41) is 4.11. The number of benzene rings is 3. The van der Waals surface area contributed by atoms with Crippen molar-refractivity contribution in [2.45, 2.75) is 13.2 Å². The topological polar surface area (TPSA) is 33.7 Å². The molecule has 0 saturated carbocycles. The predicted octanol–water partition coefficient (Wildman–Crippen LogP) is 5.51. The van der Waals surface area contributed by atoms with Crippen LogP contribution in [0.15, 0.2) is 66.7 Å². The first-order valence-electron chi connectivity index (χ1n) is 10.0. The first-order chi connectivity index (χ1) is 14.7. The summed E-state index contributed by atoms with van der Waals surface area (Å²) in [5.74, 6) is 0.465. The van der Waals surface area contributed by atoms with Crippen LogP contribution in [0.25, 0.3) is 0 Å². The van der Waals surface area contributed by atoms with Crippen molar-refractivity contribution in [3.05, 3.63) is 88.7 Å². The van der Waals surface area contributed by atoms with Crippen molar-refractivity contribution in [2.24, 2.45) is 0 Å². The van der Waals surface area contributed by atoms with E-state index in [2.05, 4.69) is 10.2 Å². The SMILES string of the molecule is Fc1ccccc1COc1ccccc1CNc1ccc(N2CCOCC2)c(Cl)c1. The summed E-state index contributed by atoms with van der Waals surface area (Å²) < 4.78 is 25.2. The Morgan fingerprint density at radius 3 is 2.47 bits per heavy atom. The molecule has 0 spiro atoms. The zero-order chi connectivity index (χ0) is 20.8. The molecule has 0 bridgehead atoms. The number of morpholine rings is 1. The second-order valence-corrected chi connectivity index (χ2v) is 7.51. The Labute approximate surface area is 181 Å². The highest BCUT2D eigenvalue weighted by atomic mass is 35.5. The van der Waals surface area contributed by atoms with Crippen LogP contribution in [0, 0.1) is 5.82 Å². The molecule has 4 nitrogen and oxygen atoms in total. The van der Waals surface area contributed by atoms with Crippen LogP contribution in [-0.4, -0.2) is 26.3 Å². The van der Waals surface area contributed by atoms with Crippen LogP contribution < -0.4 is 15.0 Å². The highest BCUT2D eigenvalue weighted by Gasteiger charge is 2.14. The molecular formula is C24H24ClFN2O2. The number of ether oxygens (including phenoxy) is 2. The number of nitrogens with one attached hydrogen (secondary N) is 1. The van der Waals surface area contributed by atoms with Crippen molar-refractivity contribution in [2.75, 3.05) is 36.5 Å². The van der Waals surface area contributed by atoms with E-state index in [-0.39, 0.29) is 12.4 Å². The number of hydrogen-bond donors (Lipinski definition) is 1. The highest BCUT2D eigenvalue weighted by Crippen LogP contribution is 2.30. The number of nitrogens with zero attached hydrogens (tertiary/aromatic N) is 1. The van der Waals surface area contributed by atoms with Gasteiger partial charge in [-0.05, 0) is 30.3 Å². The van der Waals surface area contributed by atoms with Gasteiger partial charge in [-0.3, -0.25) is 0 Å². The molecule has 0 aromatic heterocycles. The van der Waals surface area contributed by atoms with Gasteiger partial charge < -0.3 is 19.7 Å². The fraction of sp³-hybridized carbons (Fsp3) is 0.250. The van der Waals surface area contributed by atoms with Crippen molar-refractivity contribution in [3.8, 4) is 5.75 Å². The van der Waals surface area contributed by atoms with E-state index >= 15 is 0 Å². The van der Waals surface area contributed by atoms with Crippen LogP contribution in [0.5, 0.6) is 5.75 Å². The van der Waals surface area contributed by atoms with Gasteiger partial charge in [-0.25, -0.2) is 4.39 Å². The maximum absolute atomic E-state index is 13.9. The third-order valence-electron chi connectivity index (χ3n) is 5.10. The molecule has 0 unspecified atom stereocenters. The first kappa shape index (κ1) is 20.5. The first-order valence-corrected chi connectivity index (χ1v) is 10.4. The number of para-hydroxylation sites is 1. The Morgan fingerprint density at radius 2 is 1.70 bits per heavy atom. The highest BCUT2D eigenvalue weighted by molar-refractivity contribution is 6.33. The molecule has 3 aromatic rings. The molecule has 1 aliphatic rings. The fourth-order valence-corrected chi connectivity index (χ4v) is 3.74. The minimum atomic E-state index is -0.261. The Balaban J connectivity index is 1.40. The monoisotopic (exact) mass is 426 g/mol. The van der Waals surface area contributed by atoms with Crippen LogP contribution in [0.3, 0.4) is 0 Å². The molecule has 1 aliphatic heterocycles. The average molecular weight is 427 g/mol. The summed E-state index contributed by atoms with van der Waals surface area (Å²) in [4.78, 5) is 2.24. The second kappa shape index (κ2) is 9.83. The normalized spacial score (nSPS) is 13.9. The number of anilines is 2. The minimum absolute atomic E-state index is 0.184. The minimum Gasteiger partial charge on any atom is -0.488 e. The van der Waals surface area contributed by atoms with Gasteiger partial charge >= 0.3 is 0 Å². The summed E-state index contributed by atoms with van der Waals surface area (Å²) in [7, 11) is 0. The van der Waals surface area contributed by atoms with E-state index in [4.69, 9.17) is 21.1 Å². The Hall–Kier alpha value is -2.76. The van der Waals surface area contributed by atoms with Gasteiger partial charge in [0.15, 0.2) is 0 Å². The molecular weight excluding hydrogens is 403 g/mol. The Bertz CT molecular complexity index is 992. The van der Waals surface area contributed by atoms with E-state index in [1.165, 1.54) is 6.07 Å². The zero-order valence-corrected chi connectivity index (χ0v) is 17.4. The summed E-state index contributed by atoms with van der Waals surface area (Å²) in [5.41, 5.74) is 3.48. The molecule has 0 amide bonds. The smallest absolute Gasteiger partial charge is 0.129 e. The standard InChI is InChI=1S/C24H24ClFN2O2/c25-21-15-20(9-10-23(21)28-11-13-29-14-12-28)27-16-18-5-2-4-8-24(18)30-17-19-6-1-3-7-22(19)26/h1-10,15,27H,11-14,16-17H2. The predicted molar refractivity (Wildman–Crippen MR) is 119 cm³/mol. The number of halogens is 2. The molecule has 1 saturated heterocycles. The van der Waals surface area contributed by atoms with E-state index in [0.29, 0.717) is 17.1 Å². The van der Waals surface area contributed by atoms with Crippen LogP contribution in [0.2, 0.25) is 5.02 Å². The summed E-state index contributed by atoms with van der Waals surface area (Å²) in [6.07, 6.45) is 0. The molecule has 4 rings (SSSR count). The molecule has 6 heteroatoms. The van der Waals surface area contributed by atoms with Crippen molar-refractivity contribution in [1.29, 1.82) is 0 Å². The fourth-order valence-electron chi connectivity index (χ4n) is 3.44. The summed E-state index contributed by atoms with van der Waals surface area (Å²) >= 11 is 6.53. The lowest BCUT2D eigenvalue weighted by Gasteiger charge is -2.29. The molecule has 0 atom stereocenters. The van der Waals surface area contributed by atoms with Crippen LogP contribution in [-0.2, 0) is 17.9 Å². The Morgan fingerprint density at radius 1 is 0.967 bits per heavy atom. The lowest BCUT2D eigenvalue weighted by atomic mass is 10.2.